The maximum atomic E-state index is 6.98. The zero-order valence-electron chi connectivity index (χ0n) is 52.1. The molecule has 2 aliphatic heterocycles. The molecule has 1 radical (unpaired) electrons. The van der Waals surface area contributed by atoms with Crippen molar-refractivity contribution in [1.82, 2.24) is 39.9 Å². The van der Waals surface area contributed by atoms with E-state index in [1.165, 1.54) is 5.56 Å². The normalized spacial score (nSPS) is 13.7. The number of fused-ring (bicyclic) bond motifs is 20. The molecule has 81 heavy (non-hydrogen) atoms. The fraction of sp³-hybridized carbons (Fsp3) is 0.433. The third-order valence-corrected chi connectivity index (χ3v) is 26.2. The van der Waals surface area contributed by atoms with Crippen molar-refractivity contribution in [3.63, 3.8) is 0 Å². The molecule has 0 spiro atoms. The maximum Gasteiger partial charge on any atom is 2.00 e. The molecular weight excluding hydrogens is 1090 g/mol. The Bertz CT molecular complexity index is 3990. The molecule has 8 bridgehead atoms. The summed E-state index contributed by atoms with van der Waals surface area (Å²) in [6.45, 7) is 50.2. The molecule has 423 valence electrons. The monoisotopic (exact) mass is 1170 g/mol. The van der Waals surface area contributed by atoms with Crippen molar-refractivity contribution in [2.45, 2.75) is 176 Å². The van der Waals surface area contributed by atoms with E-state index in [-0.39, 0.29) is 43.1 Å². The minimum Gasteiger partial charge on any atom is -0.412 e. The number of hydrogen-bond donors (Lipinski definition) is 0. The third-order valence-electron chi connectivity index (χ3n) is 16.4. The molecule has 0 fully saturated rings. The van der Waals surface area contributed by atoms with Gasteiger partial charge in [-0.1, -0.05) is 184 Å². The summed E-state index contributed by atoms with van der Waals surface area (Å²) >= 11 is 0. The summed E-state index contributed by atoms with van der Waals surface area (Å²) in [5, 5.41) is 3.49. The van der Waals surface area contributed by atoms with Crippen LogP contribution in [0.15, 0.2) is 83.9 Å². The second-order valence-electron chi connectivity index (χ2n) is 29.1. The van der Waals surface area contributed by atoms with E-state index in [4.69, 9.17) is 48.7 Å². The zero-order chi connectivity index (χ0) is 58.5. The standard InChI is InChI=1S/C67H82N8O2Si3.Co/c1-63(2,3)44-26-30-48-52(36-44)60-71-57(48)69-58-50-32-28-46(65(7,8)9)38-54(50)62(73-58)75-61-53-37-45(64(4,5)6)27-31-49(53)56(72-61)68-55-47-29-24-41(35-51(47)59(70-55)74-60)23-25-42(39-76-79(19,20)66(10,11)12)43(33-34-78(16,17)18)40-77-80(21,22)67(13,14)15;/h24,26-32,35-38H,39-40H2,1-22H3;/q-2;+2/b43-42+;. The van der Waals surface area contributed by atoms with E-state index in [2.05, 4.69) is 240 Å². The van der Waals surface area contributed by atoms with E-state index >= 15 is 0 Å². The second kappa shape index (κ2) is 21.4. The van der Waals surface area contributed by atoms with Crippen LogP contribution in [0.3, 0.4) is 0 Å². The Morgan fingerprint density at radius 1 is 0.420 bits per heavy atom. The predicted octanol–water partition coefficient (Wildman–Crippen LogP) is 16.6. The summed E-state index contributed by atoms with van der Waals surface area (Å²) < 4.78 is 13.9. The van der Waals surface area contributed by atoms with Gasteiger partial charge in [0.05, 0.1) is 36.5 Å². The minimum absolute atomic E-state index is 0. The summed E-state index contributed by atoms with van der Waals surface area (Å²) in [5.41, 5.74) is 14.7. The van der Waals surface area contributed by atoms with Gasteiger partial charge in [0.2, 0.25) is 0 Å². The summed E-state index contributed by atoms with van der Waals surface area (Å²) in [6.07, 6.45) is 0. The molecule has 9 rings (SSSR count). The van der Waals surface area contributed by atoms with Gasteiger partial charge in [-0.2, -0.15) is 0 Å². The summed E-state index contributed by atoms with van der Waals surface area (Å²) in [6, 6.07) is 25.6. The number of aromatic nitrogens is 8. The molecule has 4 aromatic carbocycles. The Hall–Kier alpha value is -5.82. The fourth-order valence-electron chi connectivity index (χ4n) is 8.89. The first-order valence-electron chi connectivity index (χ1n) is 28.2. The van der Waals surface area contributed by atoms with E-state index < -0.39 is 24.7 Å². The topological polar surface area (TPSA) is 124 Å². The van der Waals surface area contributed by atoms with Crippen LogP contribution in [-0.4, -0.2) is 67.8 Å². The molecular formula is C67H82CoN8O2Si3. The van der Waals surface area contributed by atoms with Crippen LogP contribution in [0.4, 0.5) is 0 Å². The van der Waals surface area contributed by atoms with Crippen LogP contribution in [0.25, 0.3) is 89.7 Å². The van der Waals surface area contributed by atoms with Gasteiger partial charge in [0.25, 0.3) is 0 Å². The molecule has 14 heteroatoms. The van der Waals surface area contributed by atoms with Crippen LogP contribution >= 0.6 is 0 Å². The number of nitrogens with zero attached hydrogens (tertiary/aromatic N) is 8. The molecule has 0 unspecified atom stereocenters. The Kier molecular flexibility index (Phi) is 16.2. The van der Waals surface area contributed by atoms with Gasteiger partial charge in [-0.3, -0.25) is 0 Å². The van der Waals surface area contributed by atoms with Crippen molar-refractivity contribution in [3.05, 3.63) is 106 Å². The quantitative estimate of drug-likeness (QED) is 0.117. The second-order valence-corrected chi connectivity index (χ2v) is 43.4. The fourth-order valence-corrected chi connectivity index (χ4v) is 11.3. The molecule has 0 saturated carbocycles. The molecule has 0 aliphatic carbocycles. The SMILES string of the molecule is CC(C)(C)c1ccc2c(c1)-c1nc-2nc2[n-]c(nc3nc(nc4[n-]c(n1)c1cc(C(C)(C)C)ccc41)-c1ccc(C#C/C(CO[Si](C)(C)C(C)(C)C)=C(/C#C[Si](C)(C)C)CO[Si](C)(C)C(C)(C)C)cc1-3)c1cc(C(C)(C)C)ccc21.[Co+2]. The number of hydrogen-bond acceptors (Lipinski definition) is 8. The van der Waals surface area contributed by atoms with Crippen LogP contribution in [0.1, 0.15) is 126 Å². The first-order valence-corrected chi connectivity index (χ1v) is 37.5. The van der Waals surface area contributed by atoms with Crippen molar-refractivity contribution in [2.75, 3.05) is 13.2 Å². The average Bonchev–Trinajstić information content (AvgIpc) is 4.28. The van der Waals surface area contributed by atoms with Gasteiger partial charge in [0.15, 0.2) is 16.6 Å². The van der Waals surface area contributed by atoms with E-state index in [9.17, 15) is 0 Å². The van der Waals surface area contributed by atoms with Gasteiger partial charge < -0.3 is 38.8 Å². The molecule has 5 heterocycles. The van der Waals surface area contributed by atoms with Gasteiger partial charge in [-0.25, -0.2) is 9.97 Å². The number of rotatable bonds is 6. The molecule has 0 saturated heterocycles. The molecule has 0 amide bonds. The Morgan fingerprint density at radius 3 is 1.19 bits per heavy atom. The van der Waals surface area contributed by atoms with Gasteiger partial charge in [-0.05, 0) is 121 Å². The molecule has 10 nitrogen and oxygen atoms in total. The maximum absolute atomic E-state index is 6.98. The van der Waals surface area contributed by atoms with Crippen molar-refractivity contribution in [3.8, 4) is 68.9 Å². The van der Waals surface area contributed by atoms with Crippen LogP contribution in [0.2, 0.25) is 55.9 Å². The molecule has 2 aliphatic rings. The Labute approximate surface area is 495 Å². The Morgan fingerprint density at radius 2 is 0.778 bits per heavy atom. The van der Waals surface area contributed by atoms with Crippen LogP contribution in [0.5, 0.6) is 0 Å². The van der Waals surface area contributed by atoms with E-state index in [0.29, 0.717) is 59.1 Å². The van der Waals surface area contributed by atoms with Crippen molar-refractivity contribution in [2.24, 2.45) is 0 Å². The summed E-state index contributed by atoms with van der Waals surface area (Å²) in [5.74, 6) is 12.9. The molecule has 3 aromatic heterocycles. The van der Waals surface area contributed by atoms with Gasteiger partial charge in [0.1, 0.15) is 8.07 Å². The smallest absolute Gasteiger partial charge is 0.412 e. The Balaban J connectivity index is 0.00000860. The van der Waals surface area contributed by atoms with E-state index in [0.717, 1.165) is 71.6 Å². The van der Waals surface area contributed by atoms with E-state index in [1.54, 1.807) is 0 Å². The average molecular weight is 1170 g/mol. The van der Waals surface area contributed by atoms with Crippen molar-refractivity contribution in [1.29, 1.82) is 0 Å². The third kappa shape index (κ3) is 12.9. The van der Waals surface area contributed by atoms with Crippen LogP contribution < -0.4 is 9.97 Å². The number of benzene rings is 4. The summed E-state index contributed by atoms with van der Waals surface area (Å²) in [4.78, 5) is 42.4. The van der Waals surface area contributed by atoms with Crippen molar-refractivity contribution >= 4 is 68.8 Å². The zero-order valence-corrected chi connectivity index (χ0v) is 56.1. The van der Waals surface area contributed by atoms with Crippen molar-refractivity contribution < 1.29 is 25.6 Å². The van der Waals surface area contributed by atoms with Gasteiger partial charge >= 0.3 is 16.8 Å². The minimum atomic E-state index is -2.21. The summed E-state index contributed by atoms with van der Waals surface area (Å²) in [7, 11) is -6.18. The van der Waals surface area contributed by atoms with Crippen LogP contribution in [0, 0.1) is 23.3 Å². The first kappa shape index (κ1) is 61.3. The molecule has 0 N–H and O–H groups in total. The van der Waals surface area contributed by atoms with E-state index in [1.807, 2.05) is 6.07 Å². The van der Waals surface area contributed by atoms with Crippen LogP contribution in [-0.2, 0) is 41.9 Å². The van der Waals surface area contributed by atoms with Gasteiger partial charge in [-0.15, -0.1) is 5.54 Å². The molecule has 0 atom stereocenters. The van der Waals surface area contributed by atoms with Gasteiger partial charge in [0, 0.05) is 61.6 Å². The largest absolute Gasteiger partial charge is 2.00 e. The first-order chi connectivity index (χ1) is 36.9. The molecule has 7 aromatic rings. The predicted molar refractivity (Wildman–Crippen MR) is 341 cm³/mol.